The fraction of sp³-hybridized carbons (Fsp3) is 0.478. The molecule has 4 rings (SSSR count). The molecule has 3 aromatic rings. The molecule has 2 heterocycles. The molecule has 0 aliphatic heterocycles. The van der Waals surface area contributed by atoms with Gasteiger partial charge in [-0.2, -0.15) is 4.98 Å². The van der Waals surface area contributed by atoms with Crippen molar-refractivity contribution < 1.29 is 9.53 Å². The molecule has 1 fully saturated rings. The van der Waals surface area contributed by atoms with Gasteiger partial charge in [-0.3, -0.25) is 4.79 Å². The van der Waals surface area contributed by atoms with E-state index >= 15 is 0 Å². The molecule has 7 nitrogen and oxygen atoms in total. The van der Waals surface area contributed by atoms with Gasteiger partial charge in [-0.15, -0.1) is 5.10 Å². The average Bonchev–Trinajstić information content (AvgIpc) is 3.16. The lowest BCUT2D eigenvalue weighted by molar-refractivity contribution is -0.123. The van der Waals surface area contributed by atoms with E-state index in [1.807, 2.05) is 56.0 Å². The van der Waals surface area contributed by atoms with Crippen LogP contribution >= 0.6 is 0 Å². The second kappa shape index (κ2) is 8.81. The van der Waals surface area contributed by atoms with Crippen molar-refractivity contribution in [1.29, 1.82) is 0 Å². The average molecular weight is 408 g/mol. The van der Waals surface area contributed by atoms with Gasteiger partial charge < -0.3 is 9.64 Å². The van der Waals surface area contributed by atoms with Crippen molar-refractivity contribution in [1.82, 2.24) is 19.6 Å². The Hall–Kier alpha value is -2.96. The van der Waals surface area contributed by atoms with E-state index in [2.05, 4.69) is 15.1 Å². The van der Waals surface area contributed by atoms with Gasteiger partial charge in [0.1, 0.15) is 5.75 Å². The van der Waals surface area contributed by atoms with Gasteiger partial charge in [0.2, 0.25) is 5.91 Å². The second-order valence-corrected chi connectivity index (χ2v) is 7.96. The number of carbonyl (C=O) groups excluding carboxylic acids is 1. The smallest absolute Gasteiger partial charge is 0.252 e. The number of fused-ring (bicyclic) bond motifs is 1. The van der Waals surface area contributed by atoms with Gasteiger partial charge in [-0.05, 0) is 63.9 Å². The van der Waals surface area contributed by atoms with E-state index < -0.39 is 0 Å². The third-order valence-corrected chi connectivity index (χ3v) is 5.64. The van der Waals surface area contributed by atoms with Crippen molar-refractivity contribution in [2.75, 3.05) is 11.5 Å². The molecule has 0 N–H and O–H groups in total. The number of carbonyl (C=O) groups is 1. The fourth-order valence-corrected chi connectivity index (χ4v) is 4.17. The first kappa shape index (κ1) is 20.3. The summed E-state index contributed by atoms with van der Waals surface area (Å²) in [5.74, 6) is 2.17. The topological polar surface area (TPSA) is 72.6 Å². The minimum atomic E-state index is 0.0597. The number of ether oxygens (including phenoxy) is 1. The van der Waals surface area contributed by atoms with Gasteiger partial charge in [0.25, 0.3) is 5.78 Å². The Kier molecular flexibility index (Phi) is 5.97. The van der Waals surface area contributed by atoms with Crippen LogP contribution in [-0.2, 0) is 11.3 Å². The summed E-state index contributed by atoms with van der Waals surface area (Å²) < 4.78 is 7.30. The predicted octanol–water partition coefficient (Wildman–Crippen LogP) is 4.25. The van der Waals surface area contributed by atoms with Crippen molar-refractivity contribution in [3.8, 4) is 5.75 Å². The standard InChI is InChI=1S/C23H29N5O2/c1-4-30-20-12-10-19(11-13-20)27(22(29)18-8-6-5-7-9-18)15-21-25-23-24-16(2)14-17(3)28(23)26-21/h10-14,18H,4-9,15H2,1-3H3. The zero-order chi connectivity index (χ0) is 21.1. The summed E-state index contributed by atoms with van der Waals surface area (Å²) in [6.07, 6.45) is 5.34. The maximum atomic E-state index is 13.5. The Morgan fingerprint density at radius 3 is 2.57 bits per heavy atom. The summed E-state index contributed by atoms with van der Waals surface area (Å²) in [6, 6.07) is 9.67. The normalized spacial score (nSPS) is 14.8. The Morgan fingerprint density at radius 1 is 1.13 bits per heavy atom. The van der Waals surface area contributed by atoms with E-state index in [1.54, 1.807) is 4.52 Å². The molecule has 0 spiro atoms. The highest BCUT2D eigenvalue weighted by Gasteiger charge is 2.28. The molecule has 0 saturated heterocycles. The highest BCUT2D eigenvalue weighted by atomic mass is 16.5. The van der Waals surface area contributed by atoms with Crippen LogP contribution < -0.4 is 9.64 Å². The molecule has 1 saturated carbocycles. The summed E-state index contributed by atoms with van der Waals surface area (Å²) in [5.41, 5.74) is 2.72. The van der Waals surface area contributed by atoms with E-state index in [-0.39, 0.29) is 11.8 Å². The number of aromatic nitrogens is 4. The monoisotopic (exact) mass is 407 g/mol. The zero-order valence-corrected chi connectivity index (χ0v) is 18.0. The van der Waals surface area contributed by atoms with Crippen LogP contribution in [0.15, 0.2) is 30.3 Å². The van der Waals surface area contributed by atoms with Gasteiger partial charge in [0.15, 0.2) is 5.82 Å². The number of amides is 1. The first-order valence-electron chi connectivity index (χ1n) is 10.8. The van der Waals surface area contributed by atoms with Crippen molar-refractivity contribution >= 4 is 17.4 Å². The minimum absolute atomic E-state index is 0.0597. The highest BCUT2D eigenvalue weighted by molar-refractivity contribution is 5.95. The van der Waals surface area contributed by atoms with Gasteiger partial charge >= 0.3 is 0 Å². The van der Waals surface area contributed by atoms with E-state index in [4.69, 9.17) is 4.74 Å². The van der Waals surface area contributed by atoms with Crippen molar-refractivity contribution in [3.05, 3.63) is 47.5 Å². The van der Waals surface area contributed by atoms with E-state index in [0.717, 1.165) is 48.5 Å². The van der Waals surface area contributed by atoms with E-state index in [9.17, 15) is 4.79 Å². The van der Waals surface area contributed by atoms with Crippen LogP contribution in [0.5, 0.6) is 5.75 Å². The van der Waals surface area contributed by atoms with Gasteiger partial charge in [0.05, 0.1) is 13.2 Å². The molecular weight excluding hydrogens is 378 g/mol. The van der Waals surface area contributed by atoms with Crippen molar-refractivity contribution in [2.24, 2.45) is 5.92 Å². The van der Waals surface area contributed by atoms with Gasteiger partial charge in [-0.25, -0.2) is 9.50 Å². The minimum Gasteiger partial charge on any atom is -0.494 e. The summed E-state index contributed by atoms with van der Waals surface area (Å²) in [7, 11) is 0. The lowest BCUT2D eigenvalue weighted by Crippen LogP contribution is -2.37. The van der Waals surface area contributed by atoms with Crippen LogP contribution in [0.2, 0.25) is 0 Å². The quantitative estimate of drug-likeness (QED) is 0.611. The molecule has 0 radical (unpaired) electrons. The first-order chi connectivity index (χ1) is 14.5. The molecule has 30 heavy (non-hydrogen) atoms. The number of hydrogen-bond donors (Lipinski definition) is 0. The number of nitrogens with zero attached hydrogens (tertiary/aromatic N) is 5. The summed E-state index contributed by atoms with van der Waals surface area (Å²) >= 11 is 0. The molecule has 0 unspecified atom stereocenters. The number of aryl methyl sites for hydroxylation is 2. The molecule has 1 aromatic carbocycles. The van der Waals surface area contributed by atoms with Crippen molar-refractivity contribution in [2.45, 2.75) is 59.4 Å². The van der Waals surface area contributed by atoms with Crippen LogP contribution in [0.4, 0.5) is 5.69 Å². The molecule has 7 heteroatoms. The Bertz CT molecular complexity index is 1020. The molecule has 158 valence electrons. The van der Waals surface area contributed by atoms with Gasteiger partial charge in [0, 0.05) is 23.0 Å². The molecule has 0 bridgehead atoms. The van der Waals surface area contributed by atoms with E-state index in [0.29, 0.717) is 24.8 Å². The Labute approximate surface area is 177 Å². The molecular formula is C23H29N5O2. The highest BCUT2D eigenvalue weighted by Crippen LogP contribution is 2.29. The van der Waals surface area contributed by atoms with Crippen LogP contribution in [0.3, 0.4) is 0 Å². The van der Waals surface area contributed by atoms with Crippen molar-refractivity contribution in [3.63, 3.8) is 0 Å². The maximum absolute atomic E-state index is 13.5. The number of hydrogen-bond acceptors (Lipinski definition) is 5. The molecule has 0 atom stereocenters. The number of benzene rings is 1. The first-order valence-corrected chi connectivity index (χ1v) is 10.8. The maximum Gasteiger partial charge on any atom is 0.252 e. The third-order valence-electron chi connectivity index (χ3n) is 5.64. The molecule has 2 aromatic heterocycles. The SMILES string of the molecule is CCOc1ccc(N(Cc2nc3nc(C)cc(C)n3n2)C(=O)C2CCCCC2)cc1. The van der Waals surface area contributed by atoms with E-state index in [1.165, 1.54) is 6.42 Å². The third kappa shape index (κ3) is 4.30. The fourth-order valence-electron chi connectivity index (χ4n) is 4.17. The largest absolute Gasteiger partial charge is 0.494 e. The van der Waals surface area contributed by atoms with Gasteiger partial charge in [-0.1, -0.05) is 19.3 Å². The molecule has 1 aliphatic rings. The zero-order valence-electron chi connectivity index (χ0n) is 18.0. The molecule has 1 amide bonds. The Balaban J connectivity index is 1.65. The number of anilines is 1. The molecule has 1 aliphatic carbocycles. The predicted molar refractivity (Wildman–Crippen MR) is 116 cm³/mol. The second-order valence-electron chi connectivity index (χ2n) is 7.96. The summed E-state index contributed by atoms with van der Waals surface area (Å²) in [6.45, 7) is 6.82. The Morgan fingerprint density at radius 2 is 1.87 bits per heavy atom. The summed E-state index contributed by atoms with van der Waals surface area (Å²) in [5, 5.41) is 4.62. The van der Waals surface area contributed by atoms with Crippen LogP contribution in [0, 0.1) is 19.8 Å². The van der Waals surface area contributed by atoms with Crippen LogP contribution in [0.1, 0.15) is 56.2 Å². The van der Waals surface area contributed by atoms with Crippen LogP contribution in [0.25, 0.3) is 5.78 Å². The lowest BCUT2D eigenvalue weighted by atomic mass is 9.88. The van der Waals surface area contributed by atoms with Crippen LogP contribution in [-0.4, -0.2) is 32.1 Å². The lowest BCUT2D eigenvalue weighted by Gasteiger charge is -2.28. The number of rotatable bonds is 6. The summed E-state index contributed by atoms with van der Waals surface area (Å²) in [4.78, 5) is 24.4.